The Morgan fingerprint density at radius 1 is 1.29 bits per heavy atom. The third-order valence-electron chi connectivity index (χ3n) is 2.84. The summed E-state index contributed by atoms with van der Waals surface area (Å²) < 4.78 is 5.52. The summed E-state index contributed by atoms with van der Waals surface area (Å²) in [5.41, 5.74) is -0.0443. The molecule has 5 nitrogen and oxygen atoms in total. The van der Waals surface area contributed by atoms with Crippen LogP contribution in [0.25, 0.3) is 0 Å². The fourth-order valence-corrected chi connectivity index (χ4v) is 1.92. The molecule has 2 aromatic rings. The molecule has 0 spiro atoms. The molecule has 1 heterocycles. The van der Waals surface area contributed by atoms with Crippen LogP contribution in [0.5, 0.6) is 5.75 Å². The number of nitrogens with zero attached hydrogens (tertiary/aromatic N) is 1. The molecule has 0 aliphatic heterocycles. The summed E-state index contributed by atoms with van der Waals surface area (Å²) in [5.74, 6) is 0.388. The number of ether oxygens (including phenoxy) is 1. The Bertz CT molecular complexity index is 684. The van der Waals surface area contributed by atoms with Crippen LogP contribution < -0.4 is 10.3 Å². The molecule has 1 aromatic carbocycles. The van der Waals surface area contributed by atoms with E-state index in [0.717, 1.165) is 0 Å². The second kappa shape index (κ2) is 6.95. The van der Waals surface area contributed by atoms with Crippen molar-refractivity contribution in [3.8, 4) is 5.75 Å². The van der Waals surface area contributed by atoms with Crippen molar-refractivity contribution < 1.29 is 9.53 Å². The number of benzene rings is 1. The van der Waals surface area contributed by atoms with Gasteiger partial charge in [0.2, 0.25) is 5.56 Å². The van der Waals surface area contributed by atoms with E-state index < -0.39 is 0 Å². The Balaban J connectivity index is 1.88. The number of pyridine rings is 1. The smallest absolute Gasteiger partial charge is 0.270 e. The zero-order valence-corrected chi connectivity index (χ0v) is 12.3. The van der Waals surface area contributed by atoms with Crippen LogP contribution in [0.4, 0.5) is 0 Å². The minimum Gasteiger partial charge on any atom is -0.492 e. The van der Waals surface area contributed by atoms with Gasteiger partial charge < -0.3 is 14.6 Å². The molecule has 0 radical (unpaired) electrons. The number of amides is 1. The Morgan fingerprint density at radius 3 is 2.76 bits per heavy atom. The second-order valence-electron chi connectivity index (χ2n) is 4.46. The largest absolute Gasteiger partial charge is 0.492 e. The number of aromatic amines is 1. The summed E-state index contributed by atoms with van der Waals surface area (Å²) in [5, 5.41) is 0.596. The minimum atomic E-state index is -0.301. The summed E-state index contributed by atoms with van der Waals surface area (Å²) in [6, 6.07) is 11.5. The van der Waals surface area contributed by atoms with Gasteiger partial charge in [-0.05, 0) is 24.3 Å². The van der Waals surface area contributed by atoms with E-state index in [0.29, 0.717) is 23.9 Å². The van der Waals surface area contributed by atoms with Crippen molar-refractivity contribution in [2.75, 3.05) is 20.2 Å². The maximum Gasteiger partial charge on any atom is 0.270 e. The van der Waals surface area contributed by atoms with E-state index in [1.165, 1.54) is 11.0 Å². The van der Waals surface area contributed by atoms with Crippen LogP contribution >= 0.6 is 11.6 Å². The summed E-state index contributed by atoms with van der Waals surface area (Å²) in [4.78, 5) is 27.2. The van der Waals surface area contributed by atoms with Crippen molar-refractivity contribution >= 4 is 17.5 Å². The number of aromatic nitrogens is 1. The van der Waals surface area contributed by atoms with Gasteiger partial charge in [-0.3, -0.25) is 9.59 Å². The van der Waals surface area contributed by atoms with E-state index in [9.17, 15) is 9.59 Å². The molecule has 0 fully saturated rings. The van der Waals surface area contributed by atoms with Gasteiger partial charge in [0.05, 0.1) is 6.54 Å². The SMILES string of the molecule is CN(CCOc1cccc(Cl)c1)C(=O)c1cccc(=O)[nH]1. The molecule has 6 heteroatoms. The lowest BCUT2D eigenvalue weighted by molar-refractivity contribution is 0.0767. The van der Waals surface area contributed by atoms with E-state index in [1.807, 2.05) is 0 Å². The number of nitrogens with one attached hydrogen (secondary N) is 1. The number of carbonyl (C=O) groups excluding carboxylic acids is 1. The third-order valence-corrected chi connectivity index (χ3v) is 3.07. The van der Waals surface area contributed by atoms with Crippen LogP contribution in [-0.2, 0) is 0 Å². The molecule has 0 unspecified atom stereocenters. The number of rotatable bonds is 5. The van der Waals surface area contributed by atoms with Gasteiger partial charge in [0.15, 0.2) is 0 Å². The zero-order chi connectivity index (χ0) is 15.2. The van der Waals surface area contributed by atoms with E-state index in [2.05, 4.69) is 4.98 Å². The van der Waals surface area contributed by atoms with Crippen LogP contribution in [0.1, 0.15) is 10.5 Å². The lowest BCUT2D eigenvalue weighted by atomic mass is 10.3. The Morgan fingerprint density at radius 2 is 2.05 bits per heavy atom. The van der Waals surface area contributed by atoms with Gasteiger partial charge in [0.25, 0.3) is 5.91 Å². The topological polar surface area (TPSA) is 62.4 Å². The molecule has 0 aliphatic rings. The summed E-state index contributed by atoms with van der Waals surface area (Å²) in [7, 11) is 1.65. The molecule has 0 aliphatic carbocycles. The first kappa shape index (κ1) is 15.1. The standard InChI is InChI=1S/C15H15ClN2O3/c1-18(15(20)13-6-3-7-14(19)17-13)8-9-21-12-5-2-4-11(16)10-12/h2-7,10H,8-9H2,1H3,(H,17,19). The quantitative estimate of drug-likeness (QED) is 0.921. The molecule has 0 bridgehead atoms. The molecule has 1 aromatic heterocycles. The van der Waals surface area contributed by atoms with Crippen LogP contribution in [0.3, 0.4) is 0 Å². The van der Waals surface area contributed by atoms with Crippen molar-refractivity contribution in [3.63, 3.8) is 0 Å². The van der Waals surface area contributed by atoms with Crippen molar-refractivity contribution in [2.24, 2.45) is 0 Å². The predicted octanol–water partition coefficient (Wildman–Crippen LogP) is 2.18. The van der Waals surface area contributed by atoms with Gasteiger partial charge in [-0.25, -0.2) is 0 Å². The minimum absolute atomic E-state index is 0.257. The molecule has 0 saturated carbocycles. The lowest BCUT2D eigenvalue weighted by Gasteiger charge is -2.17. The van der Waals surface area contributed by atoms with E-state index in [4.69, 9.17) is 16.3 Å². The van der Waals surface area contributed by atoms with Gasteiger partial charge >= 0.3 is 0 Å². The molecule has 0 atom stereocenters. The highest BCUT2D eigenvalue weighted by Crippen LogP contribution is 2.16. The number of hydrogen-bond acceptors (Lipinski definition) is 3. The first-order chi connectivity index (χ1) is 10.1. The summed E-state index contributed by atoms with van der Waals surface area (Å²) in [6.07, 6.45) is 0. The highest BCUT2D eigenvalue weighted by atomic mass is 35.5. The van der Waals surface area contributed by atoms with E-state index in [1.54, 1.807) is 43.4 Å². The zero-order valence-electron chi connectivity index (χ0n) is 11.5. The molecule has 0 saturated heterocycles. The van der Waals surface area contributed by atoms with Gasteiger partial charge in [0, 0.05) is 18.1 Å². The summed E-state index contributed by atoms with van der Waals surface area (Å²) >= 11 is 5.85. The lowest BCUT2D eigenvalue weighted by Crippen LogP contribution is -2.32. The second-order valence-corrected chi connectivity index (χ2v) is 4.90. The molecular formula is C15H15ClN2O3. The number of halogens is 1. The van der Waals surface area contributed by atoms with Crippen molar-refractivity contribution in [1.82, 2.24) is 9.88 Å². The number of likely N-dealkylation sites (N-methyl/N-ethyl adjacent to an activating group) is 1. The average molecular weight is 307 g/mol. The molecule has 110 valence electrons. The van der Waals surface area contributed by atoms with Crippen molar-refractivity contribution in [2.45, 2.75) is 0 Å². The van der Waals surface area contributed by atoms with Crippen LogP contribution in [-0.4, -0.2) is 36.0 Å². The van der Waals surface area contributed by atoms with Crippen molar-refractivity contribution in [3.05, 3.63) is 63.5 Å². The van der Waals surface area contributed by atoms with E-state index >= 15 is 0 Å². The van der Waals surface area contributed by atoms with Gasteiger partial charge in [-0.1, -0.05) is 23.7 Å². The number of hydrogen-bond donors (Lipinski definition) is 1. The fraction of sp³-hybridized carbons (Fsp3) is 0.200. The highest BCUT2D eigenvalue weighted by molar-refractivity contribution is 6.30. The fourth-order valence-electron chi connectivity index (χ4n) is 1.74. The van der Waals surface area contributed by atoms with Gasteiger partial charge in [0.1, 0.15) is 18.1 Å². The first-order valence-corrected chi connectivity index (χ1v) is 6.77. The Kier molecular flexibility index (Phi) is 5.00. The van der Waals surface area contributed by atoms with Crippen LogP contribution in [0.15, 0.2) is 47.3 Å². The van der Waals surface area contributed by atoms with Crippen molar-refractivity contribution in [1.29, 1.82) is 0 Å². The molecule has 1 amide bonds. The molecule has 1 N–H and O–H groups in total. The van der Waals surface area contributed by atoms with Gasteiger partial charge in [-0.15, -0.1) is 0 Å². The predicted molar refractivity (Wildman–Crippen MR) is 81.0 cm³/mol. The molecular weight excluding hydrogens is 292 g/mol. The van der Waals surface area contributed by atoms with Gasteiger partial charge in [-0.2, -0.15) is 0 Å². The first-order valence-electron chi connectivity index (χ1n) is 6.39. The van der Waals surface area contributed by atoms with Crippen LogP contribution in [0.2, 0.25) is 5.02 Å². The molecule has 2 rings (SSSR count). The Hall–Kier alpha value is -2.27. The maximum atomic E-state index is 12.1. The normalized spacial score (nSPS) is 10.2. The Labute approximate surface area is 127 Å². The van der Waals surface area contributed by atoms with Crippen LogP contribution in [0, 0.1) is 0 Å². The third kappa shape index (κ3) is 4.36. The average Bonchev–Trinajstić information content (AvgIpc) is 2.46. The summed E-state index contributed by atoms with van der Waals surface area (Å²) in [6.45, 7) is 0.724. The number of H-pyrrole nitrogens is 1. The van der Waals surface area contributed by atoms with E-state index in [-0.39, 0.29) is 17.2 Å². The maximum absolute atomic E-state index is 12.1. The number of carbonyl (C=O) groups is 1. The highest BCUT2D eigenvalue weighted by Gasteiger charge is 2.12. The monoisotopic (exact) mass is 306 g/mol. The molecule has 21 heavy (non-hydrogen) atoms.